The molecule has 0 aliphatic heterocycles. The van der Waals surface area contributed by atoms with Crippen molar-refractivity contribution in [2.45, 2.75) is 13.5 Å². The lowest BCUT2D eigenvalue weighted by Crippen LogP contribution is -2.15. The van der Waals surface area contributed by atoms with E-state index in [0.29, 0.717) is 29.2 Å². The Morgan fingerprint density at radius 3 is 2.70 bits per heavy atom. The number of aromatic nitrogens is 1. The van der Waals surface area contributed by atoms with Gasteiger partial charge in [0.1, 0.15) is 12.4 Å². The van der Waals surface area contributed by atoms with Gasteiger partial charge >= 0.3 is 5.97 Å². The molecule has 27 heavy (non-hydrogen) atoms. The third-order valence-corrected chi connectivity index (χ3v) is 4.55. The molecule has 0 bridgehead atoms. The van der Waals surface area contributed by atoms with Crippen LogP contribution in [-0.4, -0.2) is 24.0 Å². The Morgan fingerprint density at radius 2 is 1.96 bits per heavy atom. The zero-order valence-corrected chi connectivity index (χ0v) is 15.7. The third kappa shape index (κ3) is 4.71. The summed E-state index contributed by atoms with van der Waals surface area (Å²) in [6.45, 7) is 2.27. The first-order valence-electron chi connectivity index (χ1n) is 8.19. The number of methoxy groups -OCH3 is 1. The lowest BCUT2D eigenvalue weighted by molar-refractivity contribution is 0.0602. The molecule has 0 saturated heterocycles. The second kappa shape index (κ2) is 8.46. The SMILES string of the molecule is COC(=O)c1ccccc1NC(=O)c1cccc(OCc2csc(C)n2)c1. The van der Waals surface area contributed by atoms with Gasteiger partial charge in [-0.15, -0.1) is 11.3 Å². The van der Waals surface area contributed by atoms with Crippen molar-refractivity contribution in [1.29, 1.82) is 0 Å². The van der Waals surface area contributed by atoms with E-state index in [1.165, 1.54) is 7.11 Å². The van der Waals surface area contributed by atoms with E-state index in [0.717, 1.165) is 10.7 Å². The first-order chi connectivity index (χ1) is 13.1. The smallest absolute Gasteiger partial charge is 0.339 e. The highest BCUT2D eigenvalue weighted by atomic mass is 32.1. The first-order valence-corrected chi connectivity index (χ1v) is 9.07. The fourth-order valence-corrected chi connectivity index (χ4v) is 3.03. The van der Waals surface area contributed by atoms with Gasteiger partial charge in [-0.2, -0.15) is 0 Å². The van der Waals surface area contributed by atoms with E-state index in [1.54, 1.807) is 59.9 Å². The number of thiazole rings is 1. The summed E-state index contributed by atoms with van der Waals surface area (Å²) in [5.74, 6) is -0.294. The number of nitrogens with zero attached hydrogens (tertiary/aromatic N) is 1. The first kappa shape index (κ1) is 18.6. The summed E-state index contributed by atoms with van der Waals surface area (Å²) in [5, 5.41) is 5.66. The molecule has 1 amide bonds. The van der Waals surface area contributed by atoms with Crippen LogP contribution in [0, 0.1) is 6.92 Å². The van der Waals surface area contributed by atoms with Gasteiger partial charge < -0.3 is 14.8 Å². The molecule has 0 aliphatic rings. The Labute approximate surface area is 160 Å². The zero-order valence-electron chi connectivity index (χ0n) is 14.9. The van der Waals surface area contributed by atoms with E-state index < -0.39 is 5.97 Å². The number of carbonyl (C=O) groups excluding carboxylic acids is 2. The minimum absolute atomic E-state index is 0.291. The van der Waals surface area contributed by atoms with Crippen molar-refractivity contribution < 1.29 is 19.1 Å². The molecule has 138 valence electrons. The molecular formula is C20H18N2O4S. The van der Waals surface area contributed by atoms with E-state index in [1.807, 2.05) is 12.3 Å². The largest absolute Gasteiger partial charge is 0.487 e. The third-order valence-electron chi connectivity index (χ3n) is 3.73. The van der Waals surface area contributed by atoms with E-state index in [9.17, 15) is 9.59 Å². The van der Waals surface area contributed by atoms with Crippen LogP contribution < -0.4 is 10.1 Å². The van der Waals surface area contributed by atoms with Gasteiger partial charge in [-0.3, -0.25) is 4.79 Å². The minimum atomic E-state index is -0.512. The maximum atomic E-state index is 12.6. The quantitative estimate of drug-likeness (QED) is 0.650. The van der Waals surface area contributed by atoms with Crippen LogP contribution >= 0.6 is 11.3 Å². The number of ether oxygens (including phenoxy) is 2. The van der Waals surface area contributed by atoms with Gasteiger partial charge in [-0.25, -0.2) is 9.78 Å². The average Bonchev–Trinajstić information content (AvgIpc) is 3.11. The molecule has 0 aliphatic carbocycles. The Bertz CT molecular complexity index is 968. The fourth-order valence-electron chi connectivity index (χ4n) is 2.43. The number of benzene rings is 2. The van der Waals surface area contributed by atoms with Crippen LogP contribution in [0.15, 0.2) is 53.9 Å². The number of nitrogens with one attached hydrogen (secondary N) is 1. The molecule has 1 heterocycles. The van der Waals surface area contributed by atoms with Gasteiger partial charge in [0.25, 0.3) is 5.91 Å². The standard InChI is InChI=1S/C20H18N2O4S/c1-13-21-15(12-27-13)11-26-16-7-5-6-14(10-16)19(23)22-18-9-4-3-8-17(18)20(24)25-2/h3-10,12H,11H2,1-2H3,(H,22,23). The molecule has 6 nitrogen and oxygen atoms in total. The second-order valence-electron chi connectivity index (χ2n) is 5.67. The van der Waals surface area contributed by atoms with Crippen LogP contribution in [-0.2, 0) is 11.3 Å². The molecule has 0 spiro atoms. The molecule has 0 unspecified atom stereocenters. The maximum absolute atomic E-state index is 12.6. The predicted molar refractivity (Wildman–Crippen MR) is 103 cm³/mol. The average molecular weight is 382 g/mol. The highest BCUT2D eigenvalue weighted by Gasteiger charge is 2.14. The second-order valence-corrected chi connectivity index (χ2v) is 6.73. The number of para-hydroxylation sites is 1. The van der Waals surface area contributed by atoms with Gasteiger partial charge in [0.05, 0.1) is 29.1 Å². The summed E-state index contributed by atoms with van der Waals surface area (Å²) in [7, 11) is 1.30. The number of esters is 1. The van der Waals surface area contributed by atoms with Gasteiger partial charge in [-0.05, 0) is 37.3 Å². The van der Waals surface area contributed by atoms with E-state index in [-0.39, 0.29) is 5.91 Å². The molecular weight excluding hydrogens is 364 g/mol. The number of carbonyl (C=O) groups is 2. The topological polar surface area (TPSA) is 77.5 Å². The number of hydrogen-bond acceptors (Lipinski definition) is 6. The van der Waals surface area contributed by atoms with Gasteiger partial charge in [0.15, 0.2) is 0 Å². The van der Waals surface area contributed by atoms with Crippen LogP contribution in [0.3, 0.4) is 0 Å². The van der Waals surface area contributed by atoms with Crippen molar-refractivity contribution in [2.24, 2.45) is 0 Å². The summed E-state index contributed by atoms with van der Waals surface area (Å²) in [4.78, 5) is 28.8. The Balaban J connectivity index is 1.71. The molecule has 2 aromatic carbocycles. The number of rotatable bonds is 6. The normalized spacial score (nSPS) is 10.3. The Hall–Kier alpha value is -3.19. The number of anilines is 1. The van der Waals surface area contributed by atoms with Gasteiger partial charge in [-0.1, -0.05) is 18.2 Å². The maximum Gasteiger partial charge on any atom is 0.339 e. The van der Waals surface area contributed by atoms with E-state index in [4.69, 9.17) is 9.47 Å². The van der Waals surface area contributed by atoms with Crippen molar-refractivity contribution >= 4 is 28.9 Å². The summed E-state index contributed by atoms with van der Waals surface area (Å²) < 4.78 is 10.5. The highest BCUT2D eigenvalue weighted by molar-refractivity contribution is 7.09. The van der Waals surface area contributed by atoms with Crippen molar-refractivity contribution in [3.05, 3.63) is 75.7 Å². The van der Waals surface area contributed by atoms with E-state index in [2.05, 4.69) is 10.3 Å². The zero-order chi connectivity index (χ0) is 19.2. The summed E-state index contributed by atoms with van der Waals surface area (Å²) in [6.07, 6.45) is 0. The Morgan fingerprint density at radius 1 is 1.15 bits per heavy atom. The number of aryl methyl sites for hydroxylation is 1. The molecule has 3 rings (SSSR count). The molecule has 1 aromatic heterocycles. The molecule has 7 heteroatoms. The van der Waals surface area contributed by atoms with E-state index >= 15 is 0 Å². The molecule has 0 fully saturated rings. The van der Waals surface area contributed by atoms with Crippen molar-refractivity contribution in [2.75, 3.05) is 12.4 Å². The van der Waals surface area contributed by atoms with Gasteiger partial charge in [0.2, 0.25) is 0 Å². The molecule has 0 saturated carbocycles. The van der Waals surface area contributed by atoms with Gasteiger partial charge in [0, 0.05) is 10.9 Å². The Kier molecular flexibility index (Phi) is 5.83. The van der Waals surface area contributed by atoms with Crippen molar-refractivity contribution in [3.8, 4) is 5.75 Å². The highest BCUT2D eigenvalue weighted by Crippen LogP contribution is 2.20. The van der Waals surface area contributed by atoms with Crippen molar-refractivity contribution in [3.63, 3.8) is 0 Å². The monoisotopic (exact) mass is 382 g/mol. The lowest BCUT2D eigenvalue weighted by Gasteiger charge is -2.10. The minimum Gasteiger partial charge on any atom is -0.487 e. The molecule has 0 radical (unpaired) electrons. The summed E-state index contributed by atoms with van der Waals surface area (Å²) in [6, 6.07) is 13.5. The lowest BCUT2D eigenvalue weighted by atomic mass is 10.1. The predicted octanol–water partition coefficient (Wildman–Crippen LogP) is 4.07. The summed E-state index contributed by atoms with van der Waals surface area (Å²) >= 11 is 1.56. The number of hydrogen-bond donors (Lipinski definition) is 1. The molecule has 1 N–H and O–H groups in total. The van der Waals surface area contributed by atoms with Crippen LogP contribution in [0.1, 0.15) is 31.4 Å². The molecule has 3 aromatic rings. The van der Waals surface area contributed by atoms with Crippen LogP contribution in [0.2, 0.25) is 0 Å². The van der Waals surface area contributed by atoms with Crippen LogP contribution in [0.4, 0.5) is 5.69 Å². The van der Waals surface area contributed by atoms with Crippen LogP contribution in [0.25, 0.3) is 0 Å². The van der Waals surface area contributed by atoms with Crippen molar-refractivity contribution in [1.82, 2.24) is 4.98 Å². The molecule has 0 atom stereocenters. The van der Waals surface area contributed by atoms with Crippen LogP contribution in [0.5, 0.6) is 5.75 Å². The fraction of sp³-hybridized carbons (Fsp3) is 0.150. The summed E-state index contributed by atoms with van der Waals surface area (Å²) in [5.41, 5.74) is 1.94. The number of amides is 1.